The van der Waals surface area contributed by atoms with Crippen molar-refractivity contribution in [2.45, 2.75) is 33.2 Å². The highest BCUT2D eigenvalue weighted by Crippen LogP contribution is 2.17. The van der Waals surface area contributed by atoms with E-state index in [4.69, 9.17) is 0 Å². The molecule has 0 saturated heterocycles. The second-order valence-electron chi connectivity index (χ2n) is 4.89. The Morgan fingerprint density at radius 1 is 1.20 bits per heavy atom. The maximum absolute atomic E-state index is 4.61. The van der Waals surface area contributed by atoms with Crippen molar-refractivity contribution in [3.63, 3.8) is 0 Å². The number of rotatable bonds is 7. The summed E-state index contributed by atoms with van der Waals surface area (Å²) in [4.78, 5) is 7.03. The monoisotopic (exact) mass is 384 g/mol. The third-order valence-electron chi connectivity index (χ3n) is 3.07. The molecule has 20 heavy (non-hydrogen) atoms. The van der Waals surface area contributed by atoms with Crippen molar-refractivity contribution in [1.82, 2.24) is 20.1 Å². The van der Waals surface area contributed by atoms with E-state index in [9.17, 15) is 0 Å². The molecule has 1 N–H and O–H groups in total. The van der Waals surface area contributed by atoms with Gasteiger partial charge in [-0.25, -0.2) is 4.98 Å². The van der Waals surface area contributed by atoms with Gasteiger partial charge in [0, 0.05) is 9.13 Å². The van der Waals surface area contributed by atoms with Crippen molar-refractivity contribution in [2.24, 2.45) is 0 Å². The van der Waals surface area contributed by atoms with Crippen LogP contribution in [0, 0.1) is 3.57 Å². The molecule has 0 aliphatic rings. The van der Waals surface area contributed by atoms with Gasteiger partial charge in [0.15, 0.2) is 5.82 Å². The molecule has 0 fully saturated rings. The highest BCUT2D eigenvalue weighted by atomic mass is 127. The van der Waals surface area contributed by atoms with Crippen LogP contribution in [-0.2, 0) is 6.54 Å². The Bertz CT molecular complexity index is 532. The van der Waals surface area contributed by atoms with Crippen LogP contribution in [0.15, 0.2) is 24.3 Å². The smallest absolute Gasteiger partial charge is 0.181 e. The van der Waals surface area contributed by atoms with Gasteiger partial charge in [-0.3, -0.25) is 10.00 Å². The van der Waals surface area contributed by atoms with Crippen LogP contribution < -0.4 is 0 Å². The van der Waals surface area contributed by atoms with E-state index >= 15 is 0 Å². The molecule has 1 aromatic carbocycles. The Labute approximate surface area is 134 Å². The average Bonchev–Trinajstić information content (AvgIpc) is 2.88. The third kappa shape index (κ3) is 4.28. The van der Waals surface area contributed by atoms with Crippen molar-refractivity contribution >= 4 is 22.6 Å². The van der Waals surface area contributed by atoms with Crippen LogP contribution in [0.1, 0.15) is 32.5 Å². The van der Waals surface area contributed by atoms with Crippen molar-refractivity contribution in [1.29, 1.82) is 0 Å². The maximum Gasteiger partial charge on any atom is 0.181 e. The third-order valence-corrected chi connectivity index (χ3v) is 3.74. The van der Waals surface area contributed by atoms with Gasteiger partial charge < -0.3 is 0 Å². The predicted octanol–water partition coefficient (Wildman–Crippen LogP) is 3.70. The van der Waals surface area contributed by atoms with E-state index in [1.165, 1.54) is 3.57 Å². The molecule has 108 valence electrons. The molecule has 2 aromatic rings. The van der Waals surface area contributed by atoms with E-state index in [2.05, 4.69) is 68.7 Å². The number of aromatic nitrogens is 3. The fourth-order valence-corrected chi connectivity index (χ4v) is 2.78. The van der Waals surface area contributed by atoms with Crippen molar-refractivity contribution in [2.75, 3.05) is 13.1 Å². The minimum absolute atomic E-state index is 0.784. The van der Waals surface area contributed by atoms with Crippen molar-refractivity contribution in [3.05, 3.63) is 33.7 Å². The Morgan fingerprint density at radius 3 is 2.60 bits per heavy atom. The summed E-state index contributed by atoms with van der Waals surface area (Å²) < 4.78 is 1.20. The predicted molar refractivity (Wildman–Crippen MR) is 90.4 cm³/mol. The Morgan fingerprint density at radius 2 is 1.95 bits per heavy atom. The van der Waals surface area contributed by atoms with Crippen LogP contribution >= 0.6 is 22.6 Å². The molecular weight excluding hydrogens is 363 g/mol. The number of H-pyrrole nitrogens is 1. The van der Waals surface area contributed by atoms with Crippen LogP contribution in [0.3, 0.4) is 0 Å². The van der Waals surface area contributed by atoms with Gasteiger partial charge in [0.1, 0.15) is 5.82 Å². The zero-order valence-electron chi connectivity index (χ0n) is 12.1. The number of nitrogens with zero attached hydrogens (tertiary/aromatic N) is 3. The molecule has 0 atom stereocenters. The van der Waals surface area contributed by atoms with Crippen LogP contribution in [0.4, 0.5) is 0 Å². The summed E-state index contributed by atoms with van der Waals surface area (Å²) in [7, 11) is 0. The number of hydrogen-bond donors (Lipinski definition) is 1. The lowest BCUT2D eigenvalue weighted by atomic mass is 10.2. The molecule has 0 spiro atoms. The molecule has 1 aromatic heterocycles. The Kier molecular flexibility index (Phi) is 5.97. The molecule has 1 heterocycles. The summed E-state index contributed by atoms with van der Waals surface area (Å²) in [6.45, 7) is 7.47. The van der Waals surface area contributed by atoms with E-state index < -0.39 is 0 Å². The minimum Gasteiger partial charge on any atom is -0.296 e. The lowest BCUT2D eigenvalue weighted by Gasteiger charge is -2.18. The van der Waals surface area contributed by atoms with Gasteiger partial charge >= 0.3 is 0 Å². The minimum atomic E-state index is 0.784. The second kappa shape index (κ2) is 7.73. The van der Waals surface area contributed by atoms with Crippen molar-refractivity contribution < 1.29 is 0 Å². The topological polar surface area (TPSA) is 44.8 Å². The first kappa shape index (κ1) is 15.4. The summed E-state index contributed by atoms with van der Waals surface area (Å²) in [6, 6.07) is 8.25. The highest BCUT2D eigenvalue weighted by molar-refractivity contribution is 14.1. The largest absolute Gasteiger partial charge is 0.296 e. The van der Waals surface area contributed by atoms with E-state index in [1.807, 2.05) is 12.1 Å². The van der Waals surface area contributed by atoms with E-state index in [-0.39, 0.29) is 0 Å². The van der Waals surface area contributed by atoms with Gasteiger partial charge in [-0.15, -0.1) is 0 Å². The van der Waals surface area contributed by atoms with E-state index in [0.717, 1.165) is 49.7 Å². The zero-order chi connectivity index (χ0) is 14.4. The average molecular weight is 384 g/mol. The van der Waals surface area contributed by atoms with Crippen LogP contribution in [-0.4, -0.2) is 33.2 Å². The summed E-state index contributed by atoms with van der Waals surface area (Å²) in [5.41, 5.74) is 1.07. The lowest BCUT2D eigenvalue weighted by Crippen LogP contribution is -2.25. The quantitative estimate of drug-likeness (QED) is 0.741. The molecule has 0 aliphatic heterocycles. The molecule has 0 radical (unpaired) electrons. The standard InChI is InChI=1S/C15H21IN4/c1-3-8-20(9-4-2)11-14-17-15(19-18-14)12-6-5-7-13(16)10-12/h5-7,10H,3-4,8-9,11H2,1-2H3,(H,17,18,19). The van der Waals surface area contributed by atoms with Gasteiger partial charge in [-0.1, -0.05) is 26.0 Å². The lowest BCUT2D eigenvalue weighted by molar-refractivity contribution is 0.260. The summed E-state index contributed by atoms with van der Waals surface area (Å²) >= 11 is 2.31. The fraction of sp³-hybridized carbons (Fsp3) is 0.467. The first-order chi connectivity index (χ1) is 9.72. The first-order valence-electron chi connectivity index (χ1n) is 7.12. The number of hydrogen-bond acceptors (Lipinski definition) is 3. The number of benzene rings is 1. The summed E-state index contributed by atoms with van der Waals surface area (Å²) in [5.74, 6) is 1.73. The Balaban J connectivity index is 2.08. The Hall–Kier alpha value is -0.950. The maximum atomic E-state index is 4.61. The van der Waals surface area contributed by atoms with Gasteiger partial charge in [-0.05, 0) is 60.7 Å². The molecule has 5 heteroatoms. The number of halogens is 1. The molecular formula is C15H21IN4. The van der Waals surface area contributed by atoms with Gasteiger partial charge in [-0.2, -0.15) is 5.10 Å². The molecule has 0 unspecified atom stereocenters. The first-order valence-corrected chi connectivity index (χ1v) is 8.20. The molecule has 0 amide bonds. The van der Waals surface area contributed by atoms with Crippen LogP contribution in [0.2, 0.25) is 0 Å². The highest BCUT2D eigenvalue weighted by Gasteiger charge is 2.10. The normalized spacial score (nSPS) is 11.2. The molecule has 4 nitrogen and oxygen atoms in total. The number of nitrogens with one attached hydrogen (secondary N) is 1. The SMILES string of the molecule is CCCN(CCC)Cc1nc(-c2cccc(I)c2)n[nH]1. The van der Waals surface area contributed by atoms with E-state index in [0.29, 0.717) is 0 Å². The molecule has 0 saturated carbocycles. The van der Waals surface area contributed by atoms with Crippen molar-refractivity contribution in [3.8, 4) is 11.4 Å². The second-order valence-corrected chi connectivity index (χ2v) is 6.14. The van der Waals surface area contributed by atoms with E-state index in [1.54, 1.807) is 0 Å². The van der Waals surface area contributed by atoms with Crippen LogP contribution in [0.5, 0.6) is 0 Å². The number of aromatic amines is 1. The molecule has 2 rings (SSSR count). The van der Waals surface area contributed by atoms with Gasteiger partial charge in [0.2, 0.25) is 0 Å². The molecule has 0 aliphatic carbocycles. The van der Waals surface area contributed by atoms with Gasteiger partial charge in [0.05, 0.1) is 6.54 Å². The fourth-order valence-electron chi connectivity index (χ4n) is 2.24. The molecule has 0 bridgehead atoms. The zero-order valence-corrected chi connectivity index (χ0v) is 14.2. The van der Waals surface area contributed by atoms with Crippen LogP contribution in [0.25, 0.3) is 11.4 Å². The summed E-state index contributed by atoms with van der Waals surface area (Å²) in [5, 5.41) is 7.40. The summed E-state index contributed by atoms with van der Waals surface area (Å²) in [6.07, 6.45) is 2.33. The van der Waals surface area contributed by atoms with Gasteiger partial charge in [0.25, 0.3) is 0 Å².